The molecule has 1 aliphatic rings. The van der Waals surface area contributed by atoms with Gasteiger partial charge in [0, 0.05) is 14.0 Å². The van der Waals surface area contributed by atoms with E-state index in [1.54, 1.807) is 0 Å². The highest BCUT2D eigenvalue weighted by Crippen LogP contribution is 2.24. The first-order chi connectivity index (χ1) is 7.88. The van der Waals surface area contributed by atoms with Crippen molar-refractivity contribution < 1.29 is 39.1 Å². The van der Waals surface area contributed by atoms with Crippen LogP contribution >= 0.6 is 0 Å². The molecular formula is C9H14O8. The first-order valence-electron chi connectivity index (χ1n) is 4.83. The molecular weight excluding hydrogens is 236 g/mol. The van der Waals surface area contributed by atoms with Crippen LogP contribution in [-0.2, 0) is 23.8 Å². The number of methoxy groups -OCH3 is 1. The molecule has 8 heteroatoms. The van der Waals surface area contributed by atoms with Crippen molar-refractivity contribution >= 4 is 11.9 Å². The van der Waals surface area contributed by atoms with Gasteiger partial charge in [0.25, 0.3) is 0 Å². The number of aliphatic carboxylic acids is 1. The van der Waals surface area contributed by atoms with Gasteiger partial charge in [-0.1, -0.05) is 0 Å². The Morgan fingerprint density at radius 1 is 1.24 bits per heavy atom. The van der Waals surface area contributed by atoms with Gasteiger partial charge in [0.15, 0.2) is 18.5 Å². The molecule has 17 heavy (non-hydrogen) atoms. The molecule has 1 saturated heterocycles. The van der Waals surface area contributed by atoms with Gasteiger partial charge in [0.2, 0.25) is 0 Å². The lowest BCUT2D eigenvalue weighted by Crippen LogP contribution is -2.61. The van der Waals surface area contributed by atoms with E-state index in [4.69, 9.17) is 14.6 Å². The fraction of sp³-hybridized carbons (Fsp3) is 0.778. The maximum atomic E-state index is 10.8. The van der Waals surface area contributed by atoms with E-state index in [9.17, 15) is 19.8 Å². The summed E-state index contributed by atoms with van der Waals surface area (Å²) < 4.78 is 14.2. The molecule has 1 heterocycles. The van der Waals surface area contributed by atoms with E-state index in [1.807, 2.05) is 0 Å². The maximum absolute atomic E-state index is 10.8. The summed E-state index contributed by atoms with van der Waals surface area (Å²) in [4.78, 5) is 21.5. The van der Waals surface area contributed by atoms with Crippen LogP contribution in [0.3, 0.4) is 0 Å². The average molecular weight is 250 g/mol. The zero-order chi connectivity index (χ0) is 13.2. The van der Waals surface area contributed by atoms with Gasteiger partial charge in [-0.2, -0.15) is 0 Å². The predicted molar refractivity (Wildman–Crippen MR) is 50.9 cm³/mol. The number of rotatable bonds is 3. The fourth-order valence-electron chi connectivity index (χ4n) is 1.63. The van der Waals surface area contributed by atoms with E-state index in [0.717, 1.165) is 6.92 Å². The molecule has 3 N–H and O–H groups in total. The zero-order valence-corrected chi connectivity index (χ0v) is 9.27. The smallest absolute Gasteiger partial charge is 0.335 e. The molecule has 1 fully saturated rings. The third kappa shape index (κ3) is 2.91. The second-order valence-corrected chi connectivity index (χ2v) is 3.55. The lowest BCUT2D eigenvalue weighted by Gasteiger charge is -2.39. The Hall–Kier alpha value is -1.22. The summed E-state index contributed by atoms with van der Waals surface area (Å²) >= 11 is 0. The van der Waals surface area contributed by atoms with E-state index in [1.165, 1.54) is 7.11 Å². The van der Waals surface area contributed by atoms with Gasteiger partial charge in [-0.3, -0.25) is 4.79 Å². The minimum atomic E-state index is -1.67. The van der Waals surface area contributed by atoms with E-state index in [-0.39, 0.29) is 0 Å². The predicted octanol–water partition coefficient (Wildman–Crippen LogP) is -1.90. The van der Waals surface area contributed by atoms with E-state index >= 15 is 0 Å². The Balaban J connectivity index is 2.88. The van der Waals surface area contributed by atoms with Crippen LogP contribution in [0, 0.1) is 0 Å². The molecule has 1 unspecified atom stereocenters. The molecule has 0 amide bonds. The SMILES string of the molecule is CO[C@H]1[C@H](O)[C@@H](C(=O)O)OC(O)[C@@H]1OC(C)=O. The quantitative estimate of drug-likeness (QED) is 0.496. The minimum absolute atomic E-state index is 0.708. The Morgan fingerprint density at radius 2 is 1.82 bits per heavy atom. The second-order valence-electron chi connectivity index (χ2n) is 3.55. The molecule has 5 atom stereocenters. The van der Waals surface area contributed by atoms with Crippen molar-refractivity contribution in [1.29, 1.82) is 0 Å². The van der Waals surface area contributed by atoms with Crippen molar-refractivity contribution in [2.45, 2.75) is 37.6 Å². The number of esters is 1. The molecule has 0 radical (unpaired) electrons. The summed E-state index contributed by atoms with van der Waals surface area (Å²) in [5, 5.41) is 27.9. The fourth-order valence-corrected chi connectivity index (χ4v) is 1.63. The topological polar surface area (TPSA) is 123 Å². The van der Waals surface area contributed by atoms with Crippen LogP contribution < -0.4 is 0 Å². The lowest BCUT2D eigenvalue weighted by atomic mass is 9.98. The van der Waals surface area contributed by atoms with Gasteiger partial charge in [-0.25, -0.2) is 4.79 Å². The highest BCUT2D eigenvalue weighted by atomic mass is 16.7. The molecule has 98 valence electrons. The van der Waals surface area contributed by atoms with Gasteiger partial charge < -0.3 is 29.5 Å². The number of hydrogen-bond acceptors (Lipinski definition) is 7. The number of carboxylic acid groups (broad SMARTS) is 1. The second kappa shape index (κ2) is 5.41. The Labute approximate surface area is 96.7 Å². The molecule has 0 aromatic carbocycles. The van der Waals surface area contributed by atoms with Crippen molar-refractivity contribution in [3.8, 4) is 0 Å². The molecule has 0 spiro atoms. The normalized spacial score (nSPS) is 37.5. The monoisotopic (exact) mass is 250 g/mol. The summed E-state index contributed by atoms with van der Waals surface area (Å²) in [6.45, 7) is 1.11. The highest BCUT2D eigenvalue weighted by molar-refractivity contribution is 5.73. The van der Waals surface area contributed by atoms with Crippen molar-refractivity contribution in [3.63, 3.8) is 0 Å². The molecule has 8 nitrogen and oxygen atoms in total. The first-order valence-corrected chi connectivity index (χ1v) is 4.83. The van der Waals surface area contributed by atoms with Crippen molar-refractivity contribution in [2.24, 2.45) is 0 Å². The third-order valence-electron chi connectivity index (χ3n) is 2.36. The Kier molecular flexibility index (Phi) is 4.40. The van der Waals surface area contributed by atoms with Crippen molar-refractivity contribution in [1.82, 2.24) is 0 Å². The zero-order valence-electron chi connectivity index (χ0n) is 9.27. The van der Waals surface area contributed by atoms with Gasteiger partial charge in [0.05, 0.1) is 0 Å². The molecule has 1 rings (SSSR count). The maximum Gasteiger partial charge on any atom is 0.335 e. The van der Waals surface area contributed by atoms with E-state index in [2.05, 4.69) is 4.74 Å². The summed E-state index contributed by atoms with van der Waals surface area (Å²) in [6.07, 6.45) is -7.31. The van der Waals surface area contributed by atoms with Crippen molar-refractivity contribution in [3.05, 3.63) is 0 Å². The van der Waals surface area contributed by atoms with Crippen LogP contribution in [0.2, 0.25) is 0 Å². The van der Waals surface area contributed by atoms with Crippen molar-refractivity contribution in [2.75, 3.05) is 7.11 Å². The summed E-state index contributed by atoms with van der Waals surface area (Å²) in [5.41, 5.74) is 0. The standard InChI is InChI=1S/C9H14O8/c1-3(10)16-7-5(15-2)4(11)6(8(12)13)17-9(7)14/h4-7,9,11,14H,1-2H3,(H,12,13)/t4-,5-,6-,7+,9?/m0/s1. The number of carbonyl (C=O) groups excluding carboxylic acids is 1. The molecule has 0 aromatic rings. The van der Waals surface area contributed by atoms with Gasteiger partial charge in [0.1, 0.15) is 12.2 Å². The molecule has 0 aliphatic carbocycles. The first kappa shape index (κ1) is 13.8. The number of carboxylic acids is 1. The highest BCUT2D eigenvalue weighted by Gasteiger charge is 2.49. The average Bonchev–Trinajstić information content (AvgIpc) is 2.22. The number of hydrogen-bond donors (Lipinski definition) is 3. The molecule has 1 aliphatic heterocycles. The van der Waals surface area contributed by atoms with Crippen LogP contribution in [0.1, 0.15) is 6.92 Å². The summed E-state index contributed by atoms with van der Waals surface area (Å²) in [7, 11) is 1.20. The minimum Gasteiger partial charge on any atom is -0.479 e. The van der Waals surface area contributed by atoms with E-state index in [0.29, 0.717) is 0 Å². The van der Waals surface area contributed by atoms with Crippen LogP contribution in [-0.4, -0.2) is 65.1 Å². The Morgan fingerprint density at radius 3 is 2.24 bits per heavy atom. The molecule has 0 bridgehead atoms. The van der Waals surface area contributed by atoms with Crippen LogP contribution in [0.5, 0.6) is 0 Å². The van der Waals surface area contributed by atoms with Gasteiger partial charge >= 0.3 is 11.9 Å². The van der Waals surface area contributed by atoms with Crippen LogP contribution in [0.4, 0.5) is 0 Å². The summed E-state index contributed by atoms with van der Waals surface area (Å²) in [6, 6.07) is 0. The number of carbonyl (C=O) groups is 2. The number of aliphatic hydroxyl groups excluding tert-OH is 2. The van der Waals surface area contributed by atoms with Gasteiger partial charge in [-0.15, -0.1) is 0 Å². The van der Waals surface area contributed by atoms with Crippen LogP contribution in [0.15, 0.2) is 0 Å². The number of ether oxygens (including phenoxy) is 3. The molecule has 0 aromatic heterocycles. The van der Waals surface area contributed by atoms with Crippen LogP contribution in [0.25, 0.3) is 0 Å². The largest absolute Gasteiger partial charge is 0.479 e. The van der Waals surface area contributed by atoms with E-state index < -0.39 is 42.6 Å². The van der Waals surface area contributed by atoms with Gasteiger partial charge in [-0.05, 0) is 0 Å². The number of aliphatic hydroxyl groups is 2. The summed E-state index contributed by atoms with van der Waals surface area (Å²) in [5.74, 6) is -2.15. The Bertz CT molecular complexity index is 303. The molecule has 0 saturated carbocycles. The lowest BCUT2D eigenvalue weighted by molar-refractivity contribution is -0.287. The third-order valence-corrected chi connectivity index (χ3v) is 2.36.